The number of hydrogen-bond donors (Lipinski definition) is 2. The average molecular weight is 307 g/mol. The Balaban J connectivity index is 1.92. The van der Waals surface area contributed by atoms with Gasteiger partial charge in [-0.05, 0) is 43.4 Å². The van der Waals surface area contributed by atoms with Crippen molar-refractivity contribution in [3.8, 4) is 0 Å². The Morgan fingerprint density at radius 2 is 2.27 bits per heavy atom. The molecular weight excluding hydrogens is 281 g/mol. The number of nitrogens with zero attached hydrogens (tertiary/aromatic N) is 1. The lowest BCUT2D eigenvalue weighted by Gasteiger charge is -2.35. The number of carbonyl (C=O) groups excluding carboxylic acids is 1. The molecule has 1 heterocycles. The number of halogens is 1. The van der Waals surface area contributed by atoms with Crippen LogP contribution in [0.1, 0.15) is 33.1 Å². The van der Waals surface area contributed by atoms with Crippen molar-refractivity contribution in [3.63, 3.8) is 0 Å². The summed E-state index contributed by atoms with van der Waals surface area (Å²) in [6, 6.07) is 6.21. The second kappa shape index (κ2) is 7.58. The summed E-state index contributed by atoms with van der Waals surface area (Å²) < 4.78 is 13.3. The van der Waals surface area contributed by atoms with Crippen LogP contribution in [0.15, 0.2) is 24.3 Å². The molecule has 5 heteroatoms. The number of nitrogens with two attached hydrogens (primary N) is 1. The molecule has 3 N–H and O–H groups in total. The van der Waals surface area contributed by atoms with E-state index in [-0.39, 0.29) is 17.8 Å². The summed E-state index contributed by atoms with van der Waals surface area (Å²) in [5.41, 5.74) is 6.79. The zero-order chi connectivity index (χ0) is 16.1. The second-order valence-corrected chi connectivity index (χ2v) is 6.51. The van der Waals surface area contributed by atoms with Gasteiger partial charge in [-0.3, -0.25) is 4.79 Å². The van der Waals surface area contributed by atoms with E-state index >= 15 is 0 Å². The number of anilines is 1. The lowest BCUT2D eigenvalue weighted by atomic mass is 10.0. The molecule has 1 amide bonds. The average Bonchev–Trinajstić information content (AvgIpc) is 2.47. The van der Waals surface area contributed by atoms with Gasteiger partial charge >= 0.3 is 0 Å². The van der Waals surface area contributed by atoms with Gasteiger partial charge in [0.05, 0.1) is 6.04 Å². The van der Waals surface area contributed by atoms with E-state index in [1.807, 2.05) is 6.07 Å². The van der Waals surface area contributed by atoms with Gasteiger partial charge in [-0.1, -0.05) is 19.9 Å². The molecule has 1 unspecified atom stereocenters. The summed E-state index contributed by atoms with van der Waals surface area (Å²) in [6.07, 6.45) is 2.60. The van der Waals surface area contributed by atoms with Crippen molar-refractivity contribution in [2.24, 2.45) is 11.7 Å². The minimum absolute atomic E-state index is 0.0720. The van der Waals surface area contributed by atoms with Gasteiger partial charge in [0.15, 0.2) is 0 Å². The molecule has 1 aromatic carbocycles. The highest BCUT2D eigenvalue weighted by molar-refractivity contribution is 5.81. The fourth-order valence-electron chi connectivity index (χ4n) is 2.93. The Bertz CT molecular complexity index is 506. The minimum Gasteiger partial charge on any atom is -0.369 e. The number of benzene rings is 1. The zero-order valence-electron chi connectivity index (χ0n) is 13.4. The highest BCUT2D eigenvalue weighted by atomic mass is 19.1. The molecule has 1 saturated heterocycles. The number of amides is 1. The van der Waals surface area contributed by atoms with Crippen LogP contribution >= 0.6 is 0 Å². The van der Waals surface area contributed by atoms with E-state index in [0.29, 0.717) is 18.9 Å². The maximum absolute atomic E-state index is 13.3. The van der Waals surface area contributed by atoms with Gasteiger partial charge in [0.2, 0.25) is 5.91 Å². The lowest BCUT2D eigenvalue weighted by molar-refractivity contribution is -0.123. The van der Waals surface area contributed by atoms with Crippen molar-refractivity contribution >= 4 is 11.6 Å². The fourth-order valence-corrected chi connectivity index (χ4v) is 2.93. The van der Waals surface area contributed by atoms with Crippen molar-refractivity contribution in [2.75, 3.05) is 18.0 Å². The van der Waals surface area contributed by atoms with Gasteiger partial charge in [-0.2, -0.15) is 0 Å². The van der Waals surface area contributed by atoms with Gasteiger partial charge in [0.1, 0.15) is 5.82 Å². The van der Waals surface area contributed by atoms with Crippen LogP contribution < -0.4 is 16.0 Å². The third kappa shape index (κ3) is 4.70. The Hall–Kier alpha value is -1.62. The summed E-state index contributed by atoms with van der Waals surface area (Å²) in [5, 5.41) is 3.04. The number of nitrogens with one attached hydrogen (secondary N) is 1. The van der Waals surface area contributed by atoms with E-state index < -0.39 is 6.04 Å². The minimum atomic E-state index is -0.454. The third-order valence-corrected chi connectivity index (χ3v) is 4.00. The number of rotatable bonds is 5. The topological polar surface area (TPSA) is 58.4 Å². The van der Waals surface area contributed by atoms with Crippen LogP contribution in [0.2, 0.25) is 0 Å². The Labute approximate surface area is 131 Å². The van der Waals surface area contributed by atoms with Crippen molar-refractivity contribution < 1.29 is 9.18 Å². The quantitative estimate of drug-likeness (QED) is 0.877. The van der Waals surface area contributed by atoms with E-state index in [0.717, 1.165) is 25.1 Å². The normalized spacial score (nSPS) is 20.0. The van der Waals surface area contributed by atoms with E-state index in [1.165, 1.54) is 12.1 Å². The maximum Gasteiger partial charge on any atom is 0.237 e. The van der Waals surface area contributed by atoms with Crippen LogP contribution in [0.4, 0.5) is 10.1 Å². The first-order chi connectivity index (χ1) is 10.5. The number of piperidine rings is 1. The Morgan fingerprint density at radius 3 is 2.95 bits per heavy atom. The van der Waals surface area contributed by atoms with Gasteiger partial charge < -0.3 is 16.0 Å². The Morgan fingerprint density at radius 1 is 1.50 bits per heavy atom. The fraction of sp³-hybridized carbons (Fsp3) is 0.588. The molecule has 1 aliphatic rings. The lowest BCUT2D eigenvalue weighted by Crippen LogP contribution is -2.52. The molecular formula is C17H26FN3O. The van der Waals surface area contributed by atoms with E-state index in [2.05, 4.69) is 24.1 Å². The van der Waals surface area contributed by atoms with Crippen LogP contribution in [-0.2, 0) is 4.79 Å². The van der Waals surface area contributed by atoms with Crippen LogP contribution in [0.3, 0.4) is 0 Å². The van der Waals surface area contributed by atoms with E-state index in [4.69, 9.17) is 5.73 Å². The van der Waals surface area contributed by atoms with E-state index in [1.54, 1.807) is 6.07 Å². The molecule has 1 fully saturated rings. The third-order valence-electron chi connectivity index (χ3n) is 4.00. The van der Waals surface area contributed by atoms with Gasteiger partial charge in [0.25, 0.3) is 0 Å². The monoisotopic (exact) mass is 307 g/mol. The van der Waals surface area contributed by atoms with Crippen molar-refractivity contribution in [1.29, 1.82) is 0 Å². The summed E-state index contributed by atoms with van der Waals surface area (Å²) >= 11 is 0. The summed E-state index contributed by atoms with van der Waals surface area (Å²) in [7, 11) is 0. The molecule has 2 rings (SSSR count). The highest BCUT2D eigenvalue weighted by Gasteiger charge is 2.24. The van der Waals surface area contributed by atoms with Crippen LogP contribution in [-0.4, -0.2) is 31.1 Å². The first-order valence-corrected chi connectivity index (χ1v) is 8.02. The highest BCUT2D eigenvalue weighted by Crippen LogP contribution is 2.20. The van der Waals surface area contributed by atoms with Crippen LogP contribution in [0, 0.1) is 11.7 Å². The molecule has 2 atom stereocenters. The molecule has 22 heavy (non-hydrogen) atoms. The van der Waals surface area contributed by atoms with Crippen molar-refractivity contribution in [2.45, 2.75) is 45.2 Å². The van der Waals surface area contributed by atoms with Gasteiger partial charge in [-0.25, -0.2) is 4.39 Å². The van der Waals surface area contributed by atoms with E-state index in [9.17, 15) is 9.18 Å². The summed E-state index contributed by atoms with van der Waals surface area (Å²) in [6.45, 7) is 5.69. The predicted octanol–water partition coefficient (Wildman–Crippen LogP) is 2.28. The zero-order valence-corrected chi connectivity index (χ0v) is 13.4. The molecule has 1 aromatic rings. The molecule has 0 aromatic heterocycles. The molecule has 122 valence electrons. The van der Waals surface area contributed by atoms with Gasteiger partial charge in [-0.15, -0.1) is 0 Å². The Kier molecular flexibility index (Phi) is 5.77. The van der Waals surface area contributed by atoms with Crippen LogP contribution in [0.25, 0.3) is 0 Å². The molecule has 0 spiro atoms. The standard InChI is InChI=1S/C17H26FN3O/c1-12(2)9-16(19)17(22)20-14-6-4-8-21(11-14)15-7-3-5-13(18)10-15/h3,5,7,10,12,14,16H,4,6,8-9,11,19H2,1-2H3,(H,20,22)/t14?,16-/m0/s1. The molecule has 0 radical (unpaired) electrons. The summed E-state index contributed by atoms with van der Waals surface area (Å²) in [5.74, 6) is 0.0818. The number of carbonyl (C=O) groups is 1. The summed E-state index contributed by atoms with van der Waals surface area (Å²) in [4.78, 5) is 14.2. The SMILES string of the molecule is CC(C)C[C@H](N)C(=O)NC1CCCN(c2cccc(F)c2)C1. The van der Waals surface area contributed by atoms with Gasteiger partial charge in [0, 0.05) is 24.8 Å². The molecule has 1 aliphatic heterocycles. The second-order valence-electron chi connectivity index (χ2n) is 6.51. The number of hydrogen-bond acceptors (Lipinski definition) is 3. The predicted molar refractivity (Wildman–Crippen MR) is 87.2 cm³/mol. The van der Waals surface area contributed by atoms with Crippen molar-refractivity contribution in [1.82, 2.24) is 5.32 Å². The van der Waals surface area contributed by atoms with Crippen LogP contribution in [0.5, 0.6) is 0 Å². The first-order valence-electron chi connectivity index (χ1n) is 8.02. The molecule has 0 bridgehead atoms. The van der Waals surface area contributed by atoms with Crippen molar-refractivity contribution in [3.05, 3.63) is 30.1 Å². The first kappa shape index (κ1) is 16.7. The smallest absolute Gasteiger partial charge is 0.237 e. The molecule has 4 nitrogen and oxygen atoms in total. The largest absolute Gasteiger partial charge is 0.369 e. The maximum atomic E-state index is 13.3. The molecule has 0 saturated carbocycles. The molecule has 0 aliphatic carbocycles.